The number of esters is 2. The lowest BCUT2D eigenvalue weighted by molar-refractivity contribution is -0.201. The van der Waals surface area contributed by atoms with Crippen molar-refractivity contribution in [2.45, 2.75) is 90.8 Å². The van der Waals surface area contributed by atoms with Crippen LogP contribution in [-0.2, 0) is 29.2 Å². The molecule has 1 spiro atoms. The van der Waals surface area contributed by atoms with Crippen LogP contribution >= 0.6 is 23.5 Å². The summed E-state index contributed by atoms with van der Waals surface area (Å²) in [5.41, 5.74) is -1.39. The molecule has 0 radical (unpaired) electrons. The summed E-state index contributed by atoms with van der Waals surface area (Å²) in [6.45, 7) is 0.392. The molecule has 38 heavy (non-hydrogen) atoms. The second-order valence-electron chi connectivity index (χ2n) is 13.5. The van der Waals surface area contributed by atoms with Crippen molar-refractivity contribution in [2.75, 3.05) is 12.4 Å². The smallest absolute Gasteiger partial charge is 0.464 e. The van der Waals surface area contributed by atoms with Crippen LogP contribution in [0.5, 0.6) is 0 Å². The van der Waals surface area contributed by atoms with Gasteiger partial charge in [0.15, 0.2) is 0 Å². The second kappa shape index (κ2) is 8.47. The fraction of sp³-hybridized carbons (Fsp3) is 0.923. The van der Waals surface area contributed by atoms with Gasteiger partial charge >= 0.3 is 27.3 Å². The van der Waals surface area contributed by atoms with Gasteiger partial charge in [-0.1, -0.05) is 0 Å². The van der Waals surface area contributed by atoms with Gasteiger partial charge in [-0.25, -0.2) is 4.79 Å². The molecule has 7 nitrogen and oxygen atoms in total. The quantitative estimate of drug-likeness (QED) is 0.341. The van der Waals surface area contributed by atoms with Crippen molar-refractivity contribution < 1.29 is 40.8 Å². The van der Waals surface area contributed by atoms with Gasteiger partial charge in [-0.2, -0.15) is 17.2 Å². The van der Waals surface area contributed by atoms with E-state index < -0.39 is 26.9 Å². The van der Waals surface area contributed by atoms with Crippen LogP contribution in [0.3, 0.4) is 0 Å². The van der Waals surface area contributed by atoms with Crippen molar-refractivity contribution in [1.82, 2.24) is 0 Å². The molecule has 0 aromatic heterocycles. The summed E-state index contributed by atoms with van der Waals surface area (Å²) in [7, 11) is -5.90. The third-order valence-corrected chi connectivity index (χ3v) is 15.9. The molecule has 8 bridgehead atoms. The lowest BCUT2D eigenvalue weighted by Crippen LogP contribution is -2.62. The highest BCUT2D eigenvalue weighted by atomic mass is 32.2. The summed E-state index contributed by atoms with van der Waals surface area (Å²) in [6, 6.07) is 0. The molecular weight excluding hydrogens is 558 g/mol. The molecule has 3 unspecified atom stereocenters. The van der Waals surface area contributed by atoms with E-state index >= 15 is 0 Å². The average molecular weight is 593 g/mol. The molecule has 212 valence electrons. The molecule has 9 rings (SSSR count). The van der Waals surface area contributed by atoms with Crippen LogP contribution in [0.15, 0.2) is 0 Å². The molecule has 8 aliphatic carbocycles. The van der Waals surface area contributed by atoms with Crippen molar-refractivity contribution in [3.05, 3.63) is 0 Å². The Hall–Kier alpha value is -0.590. The van der Waals surface area contributed by atoms with E-state index in [9.17, 15) is 26.8 Å². The topological polar surface area (TPSA) is 107 Å². The average Bonchev–Trinajstić information content (AvgIpc) is 3.24. The molecule has 12 heteroatoms. The first-order chi connectivity index (χ1) is 17.8. The molecule has 1 N–H and O–H groups in total. The van der Waals surface area contributed by atoms with Gasteiger partial charge in [-0.15, -0.1) is 23.5 Å². The standard InChI is InChI=1S/C26H34F2O7S3/c27-26(28,38(31,32)33)22(30)35-24-9-17-4-18(10-24)25(19(5-17)11-24)36-13-20(37-25)12-34-21(29)23-6-14-1-15(7-23)3-16(2-14)8-23/h14-20H,1-13H2,(H,31,32,33). The van der Waals surface area contributed by atoms with Crippen molar-refractivity contribution in [3.8, 4) is 0 Å². The highest BCUT2D eigenvalue weighted by molar-refractivity contribution is 8.21. The van der Waals surface area contributed by atoms with Gasteiger partial charge in [0.05, 0.1) is 9.49 Å². The summed E-state index contributed by atoms with van der Waals surface area (Å²) in [4.78, 5) is 25.5. The van der Waals surface area contributed by atoms with Crippen molar-refractivity contribution >= 4 is 45.6 Å². The molecule has 1 saturated heterocycles. The third kappa shape index (κ3) is 3.92. The maximum Gasteiger partial charge on any atom is 0.465 e. The van der Waals surface area contributed by atoms with Crippen LogP contribution in [0.2, 0.25) is 0 Å². The fourth-order valence-electron chi connectivity index (χ4n) is 10.1. The Bertz CT molecular complexity index is 1110. The Kier molecular flexibility index (Phi) is 5.87. The summed E-state index contributed by atoms with van der Waals surface area (Å²) >= 11 is 3.73. The Morgan fingerprint density at radius 1 is 0.895 bits per heavy atom. The number of alkyl halides is 2. The van der Waals surface area contributed by atoms with Crippen LogP contribution in [0, 0.1) is 40.9 Å². The predicted octanol–water partition coefficient (Wildman–Crippen LogP) is 4.89. The number of rotatable bonds is 6. The molecule has 1 heterocycles. The van der Waals surface area contributed by atoms with Gasteiger partial charge < -0.3 is 9.47 Å². The van der Waals surface area contributed by atoms with E-state index in [4.69, 9.17) is 14.0 Å². The number of thioether (sulfide) groups is 2. The maximum absolute atomic E-state index is 14.0. The highest BCUT2D eigenvalue weighted by Crippen LogP contribution is 2.71. The van der Waals surface area contributed by atoms with Gasteiger partial charge in [-0.05, 0) is 106 Å². The number of ether oxygens (including phenoxy) is 2. The van der Waals surface area contributed by atoms with Crippen molar-refractivity contribution in [2.24, 2.45) is 40.9 Å². The van der Waals surface area contributed by atoms with E-state index in [1.165, 1.54) is 19.3 Å². The van der Waals surface area contributed by atoms with Gasteiger partial charge in [0.25, 0.3) is 0 Å². The molecule has 9 aliphatic rings. The van der Waals surface area contributed by atoms with E-state index in [0.29, 0.717) is 43.6 Å². The Labute approximate surface area is 230 Å². The number of hydrogen-bond acceptors (Lipinski definition) is 8. The van der Waals surface area contributed by atoms with Crippen LogP contribution in [0.4, 0.5) is 8.78 Å². The highest BCUT2D eigenvalue weighted by Gasteiger charge is 2.67. The predicted molar refractivity (Wildman–Crippen MR) is 137 cm³/mol. The van der Waals surface area contributed by atoms with Crippen molar-refractivity contribution in [1.29, 1.82) is 0 Å². The largest absolute Gasteiger partial charge is 0.465 e. The second-order valence-corrected chi connectivity index (χ2v) is 18.1. The van der Waals surface area contributed by atoms with Gasteiger partial charge in [0, 0.05) is 11.0 Å². The summed E-state index contributed by atoms with van der Waals surface area (Å²) in [6.07, 6.45) is 9.89. The minimum atomic E-state index is -5.90. The molecule has 0 aromatic carbocycles. The monoisotopic (exact) mass is 592 g/mol. The normalized spacial score (nSPS) is 48.6. The lowest BCUT2D eigenvalue weighted by atomic mass is 9.49. The molecule has 0 aromatic rings. The molecule has 9 fully saturated rings. The summed E-state index contributed by atoms with van der Waals surface area (Å²) in [5.74, 6) is 1.22. The van der Waals surface area contributed by atoms with Gasteiger partial charge in [0.2, 0.25) is 0 Å². The first-order valence-corrected chi connectivity index (χ1v) is 17.2. The SMILES string of the molecule is O=C(OCC1CSC2(S1)C1CC3CC2CC(OC(=O)C(F)(F)S(=O)(=O)O)(C3)C1)C12CC3CC(CC(C3)C1)C2. The zero-order valence-corrected chi connectivity index (χ0v) is 23.6. The van der Waals surface area contributed by atoms with Crippen LogP contribution in [0.25, 0.3) is 0 Å². The minimum Gasteiger partial charge on any atom is -0.464 e. The molecular formula is C26H34F2O7S3. The zero-order valence-electron chi connectivity index (χ0n) is 21.1. The van der Waals surface area contributed by atoms with Gasteiger partial charge in [-0.3, -0.25) is 9.35 Å². The molecule has 3 atom stereocenters. The summed E-state index contributed by atoms with van der Waals surface area (Å²) in [5, 5.41) is -4.81. The Morgan fingerprint density at radius 2 is 1.45 bits per heavy atom. The minimum absolute atomic E-state index is 0.00105. The van der Waals surface area contributed by atoms with E-state index in [1.54, 1.807) is 0 Å². The summed E-state index contributed by atoms with van der Waals surface area (Å²) < 4.78 is 70.1. The number of carbonyl (C=O) groups excluding carboxylic acids is 2. The lowest BCUT2D eigenvalue weighted by Gasteiger charge is -2.63. The van der Waals surface area contributed by atoms with Gasteiger partial charge in [0.1, 0.15) is 12.2 Å². The number of carbonyl (C=O) groups is 2. The third-order valence-electron chi connectivity index (χ3n) is 10.9. The molecule has 0 amide bonds. The maximum atomic E-state index is 14.0. The van der Waals surface area contributed by atoms with Crippen LogP contribution in [0.1, 0.15) is 70.6 Å². The van der Waals surface area contributed by atoms with Crippen LogP contribution in [-0.4, -0.2) is 57.5 Å². The van der Waals surface area contributed by atoms with Crippen molar-refractivity contribution in [3.63, 3.8) is 0 Å². The molecule has 1 aliphatic heterocycles. The first kappa shape index (κ1) is 26.3. The van der Waals surface area contributed by atoms with Crippen LogP contribution < -0.4 is 0 Å². The van der Waals surface area contributed by atoms with E-state index in [0.717, 1.165) is 37.9 Å². The first-order valence-electron chi connectivity index (χ1n) is 13.9. The fourth-order valence-corrected chi connectivity index (χ4v) is 14.5. The number of hydrogen-bond donors (Lipinski definition) is 1. The number of halogens is 2. The Morgan fingerprint density at radius 3 is 2.00 bits per heavy atom. The Balaban J connectivity index is 1.00. The molecule has 8 saturated carbocycles. The van der Waals surface area contributed by atoms with E-state index in [2.05, 4.69) is 0 Å². The van der Waals surface area contributed by atoms with E-state index in [-0.39, 0.29) is 38.5 Å². The van der Waals surface area contributed by atoms with E-state index in [1.807, 2.05) is 23.5 Å². The zero-order chi connectivity index (χ0) is 26.7.